The number of hydrogen-bond acceptors (Lipinski definition) is 3. The van der Waals surface area contributed by atoms with Gasteiger partial charge < -0.3 is 11.1 Å². The summed E-state index contributed by atoms with van der Waals surface area (Å²) >= 11 is 0. The minimum Gasteiger partial charge on any atom is -0.370 e. The molecule has 0 amide bonds. The van der Waals surface area contributed by atoms with E-state index >= 15 is 0 Å². The Morgan fingerprint density at radius 3 is 2.42 bits per heavy atom. The van der Waals surface area contributed by atoms with Gasteiger partial charge in [-0.15, -0.1) is 24.0 Å². The number of hydrogen-bond donors (Lipinski definition) is 3. The molecule has 0 bridgehead atoms. The first-order chi connectivity index (χ1) is 8.45. The third kappa shape index (κ3) is 17.9. The summed E-state index contributed by atoms with van der Waals surface area (Å²) in [5, 5.41) is 3.04. The van der Waals surface area contributed by atoms with Gasteiger partial charge in [0, 0.05) is 19.6 Å². The number of aliphatic imine (C=N–C) groups is 1. The second-order valence-corrected chi connectivity index (χ2v) is 6.11. The summed E-state index contributed by atoms with van der Waals surface area (Å²) in [7, 11) is -3.09. The Kier molecular flexibility index (Phi) is 14.4. The van der Waals surface area contributed by atoms with Crippen LogP contribution in [-0.2, 0) is 10.0 Å². The van der Waals surface area contributed by atoms with Crippen LogP contribution in [0.2, 0.25) is 0 Å². The average molecular weight is 406 g/mol. The summed E-state index contributed by atoms with van der Waals surface area (Å²) in [5.41, 5.74) is 5.66. The van der Waals surface area contributed by atoms with Crippen LogP contribution in [-0.4, -0.2) is 40.3 Å². The molecule has 116 valence electrons. The Labute approximate surface area is 134 Å². The van der Waals surface area contributed by atoms with Crippen molar-refractivity contribution in [2.75, 3.05) is 25.9 Å². The molecule has 0 aliphatic heterocycles. The van der Waals surface area contributed by atoms with Gasteiger partial charge in [0.2, 0.25) is 10.0 Å². The lowest BCUT2D eigenvalue weighted by Gasteiger charge is -2.05. The second-order valence-electron chi connectivity index (χ2n) is 4.27. The van der Waals surface area contributed by atoms with E-state index < -0.39 is 10.0 Å². The molecule has 0 aliphatic carbocycles. The van der Waals surface area contributed by atoms with Crippen LogP contribution >= 0.6 is 24.0 Å². The molecule has 0 radical (unpaired) electrons. The minimum absolute atomic E-state index is 0. The lowest BCUT2D eigenvalue weighted by molar-refractivity contribution is 0.585. The van der Waals surface area contributed by atoms with E-state index in [4.69, 9.17) is 5.73 Å². The minimum atomic E-state index is -3.09. The molecular weight excluding hydrogens is 379 g/mol. The molecule has 0 aliphatic rings. The Balaban J connectivity index is 0. The number of nitrogens with zero attached hydrogens (tertiary/aromatic N) is 1. The highest BCUT2D eigenvalue weighted by Gasteiger charge is 1.98. The molecule has 0 fully saturated rings. The molecule has 0 aromatic rings. The van der Waals surface area contributed by atoms with Crippen molar-refractivity contribution in [1.82, 2.24) is 10.0 Å². The molecule has 19 heavy (non-hydrogen) atoms. The van der Waals surface area contributed by atoms with Crippen molar-refractivity contribution in [2.24, 2.45) is 10.7 Å². The lowest BCUT2D eigenvalue weighted by Crippen LogP contribution is -2.32. The van der Waals surface area contributed by atoms with Gasteiger partial charge in [-0.1, -0.05) is 26.2 Å². The van der Waals surface area contributed by atoms with Gasteiger partial charge in [0.05, 0.1) is 6.26 Å². The Morgan fingerprint density at radius 2 is 1.84 bits per heavy atom. The summed E-state index contributed by atoms with van der Waals surface area (Å²) in [6.45, 7) is 3.94. The molecule has 0 spiro atoms. The van der Waals surface area contributed by atoms with E-state index in [0.717, 1.165) is 19.2 Å². The molecule has 0 aromatic heterocycles. The fraction of sp³-hybridized carbons (Fsp3) is 0.909. The number of rotatable bonds is 10. The third-order valence-electron chi connectivity index (χ3n) is 2.32. The largest absolute Gasteiger partial charge is 0.370 e. The van der Waals surface area contributed by atoms with Crippen LogP contribution in [0.3, 0.4) is 0 Å². The zero-order valence-electron chi connectivity index (χ0n) is 11.8. The number of sulfonamides is 1. The molecular formula is C11H27IN4O2S. The van der Waals surface area contributed by atoms with Crippen LogP contribution in [0.4, 0.5) is 0 Å². The average Bonchev–Trinajstić information content (AvgIpc) is 2.27. The summed E-state index contributed by atoms with van der Waals surface area (Å²) in [6, 6.07) is 0. The third-order valence-corrected chi connectivity index (χ3v) is 3.05. The van der Waals surface area contributed by atoms with Gasteiger partial charge in [0.15, 0.2) is 5.96 Å². The molecule has 0 atom stereocenters. The zero-order chi connectivity index (χ0) is 13.9. The van der Waals surface area contributed by atoms with Gasteiger partial charge in [-0.2, -0.15) is 0 Å². The van der Waals surface area contributed by atoms with Crippen molar-refractivity contribution in [3.05, 3.63) is 0 Å². The smallest absolute Gasteiger partial charge is 0.208 e. The first kappa shape index (κ1) is 21.2. The van der Waals surface area contributed by atoms with Crippen LogP contribution in [0.15, 0.2) is 4.99 Å². The van der Waals surface area contributed by atoms with Gasteiger partial charge in [-0.05, 0) is 12.8 Å². The SMILES string of the molecule is CCCCCCNC(N)=NCCCNS(C)(=O)=O.I. The highest BCUT2D eigenvalue weighted by Crippen LogP contribution is 1.96. The fourth-order valence-corrected chi connectivity index (χ4v) is 1.88. The summed E-state index contributed by atoms with van der Waals surface area (Å²) in [6.07, 6.45) is 6.55. The van der Waals surface area contributed by atoms with Crippen molar-refractivity contribution < 1.29 is 8.42 Å². The predicted molar refractivity (Wildman–Crippen MR) is 91.5 cm³/mol. The van der Waals surface area contributed by atoms with E-state index in [1.54, 1.807) is 0 Å². The number of guanidine groups is 1. The van der Waals surface area contributed by atoms with E-state index in [2.05, 4.69) is 22.0 Å². The van der Waals surface area contributed by atoms with Gasteiger partial charge >= 0.3 is 0 Å². The van der Waals surface area contributed by atoms with E-state index in [1.807, 2.05) is 0 Å². The number of unbranched alkanes of at least 4 members (excludes halogenated alkanes) is 3. The van der Waals surface area contributed by atoms with Crippen molar-refractivity contribution in [3.63, 3.8) is 0 Å². The predicted octanol–water partition coefficient (Wildman–Crippen LogP) is 1.03. The normalized spacial score (nSPS) is 12.0. The first-order valence-electron chi connectivity index (χ1n) is 6.44. The molecule has 0 rings (SSSR count). The molecule has 0 aromatic carbocycles. The van der Waals surface area contributed by atoms with Gasteiger partial charge in [0.1, 0.15) is 0 Å². The molecule has 8 heteroatoms. The molecule has 0 saturated heterocycles. The Morgan fingerprint density at radius 1 is 1.16 bits per heavy atom. The highest BCUT2D eigenvalue weighted by atomic mass is 127. The second kappa shape index (κ2) is 12.9. The molecule has 4 N–H and O–H groups in total. The topological polar surface area (TPSA) is 96.6 Å². The van der Waals surface area contributed by atoms with Crippen LogP contribution in [0.1, 0.15) is 39.0 Å². The number of halogens is 1. The monoisotopic (exact) mass is 406 g/mol. The Hall–Kier alpha value is -0.0900. The number of nitrogens with two attached hydrogens (primary N) is 1. The van der Waals surface area contributed by atoms with Crippen molar-refractivity contribution in [1.29, 1.82) is 0 Å². The standard InChI is InChI=1S/C11H26N4O2S.HI/c1-3-4-5-6-8-13-11(12)14-9-7-10-15-18(2,16)17;/h15H,3-10H2,1-2H3,(H3,12,13,14);1H. The van der Waals surface area contributed by atoms with Crippen LogP contribution < -0.4 is 15.8 Å². The van der Waals surface area contributed by atoms with Gasteiger partial charge in [-0.25, -0.2) is 13.1 Å². The molecule has 0 unspecified atom stereocenters. The van der Waals surface area contributed by atoms with Crippen molar-refractivity contribution in [3.8, 4) is 0 Å². The quantitative estimate of drug-likeness (QED) is 0.219. The van der Waals surface area contributed by atoms with E-state index in [9.17, 15) is 8.42 Å². The molecule has 6 nitrogen and oxygen atoms in total. The first-order valence-corrected chi connectivity index (χ1v) is 8.33. The lowest BCUT2D eigenvalue weighted by atomic mass is 10.2. The maximum atomic E-state index is 10.8. The van der Waals surface area contributed by atoms with Crippen molar-refractivity contribution in [2.45, 2.75) is 39.0 Å². The van der Waals surface area contributed by atoms with E-state index in [-0.39, 0.29) is 24.0 Å². The van der Waals surface area contributed by atoms with Crippen LogP contribution in [0, 0.1) is 0 Å². The fourth-order valence-electron chi connectivity index (χ4n) is 1.36. The van der Waals surface area contributed by atoms with Gasteiger partial charge in [-0.3, -0.25) is 4.99 Å². The maximum absolute atomic E-state index is 10.8. The summed E-state index contributed by atoms with van der Waals surface area (Å²) in [5.74, 6) is 0.436. The maximum Gasteiger partial charge on any atom is 0.208 e. The summed E-state index contributed by atoms with van der Waals surface area (Å²) in [4.78, 5) is 4.11. The molecule has 0 heterocycles. The van der Waals surface area contributed by atoms with Crippen LogP contribution in [0.25, 0.3) is 0 Å². The summed E-state index contributed by atoms with van der Waals surface area (Å²) < 4.78 is 23.9. The van der Waals surface area contributed by atoms with Crippen molar-refractivity contribution >= 4 is 40.0 Å². The molecule has 0 saturated carbocycles. The zero-order valence-corrected chi connectivity index (χ0v) is 15.0. The van der Waals surface area contributed by atoms with E-state index in [0.29, 0.717) is 25.5 Å². The van der Waals surface area contributed by atoms with Gasteiger partial charge in [0.25, 0.3) is 0 Å². The Bertz CT molecular complexity index is 334. The highest BCUT2D eigenvalue weighted by molar-refractivity contribution is 14.0. The van der Waals surface area contributed by atoms with E-state index in [1.165, 1.54) is 19.3 Å². The van der Waals surface area contributed by atoms with Crippen LogP contribution in [0.5, 0.6) is 0 Å². The number of nitrogens with one attached hydrogen (secondary N) is 2.